The molecule has 0 radical (unpaired) electrons. The Balaban J connectivity index is 2.27. The van der Waals surface area contributed by atoms with Crippen LogP contribution in [0.15, 0.2) is 46.9 Å². The molecule has 2 aromatic carbocycles. The molecule has 0 fully saturated rings. The quantitative estimate of drug-likeness (QED) is 0.674. The van der Waals surface area contributed by atoms with E-state index in [9.17, 15) is 8.78 Å². The summed E-state index contributed by atoms with van der Waals surface area (Å²) in [7, 11) is 0. The Labute approximate surface area is 118 Å². The van der Waals surface area contributed by atoms with Gasteiger partial charge in [-0.1, -0.05) is 46.3 Å². The minimum Gasteiger partial charge on any atom is -0.206 e. The first kappa shape index (κ1) is 13.5. The zero-order chi connectivity index (χ0) is 13.1. The van der Waals surface area contributed by atoms with Gasteiger partial charge in [-0.25, -0.2) is 8.78 Å². The van der Waals surface area contributed by atoms with Crippen LogP contribution in [0.3, 0.4) is 0 Å². The third kappa shape index (κ3) is 3.09. The molecular weight excluding hydrogens is 322 g/mol. The lowest BCUT2D eigenvalue weighted by molar-refractivity contribution is 0.549. The van der Waals surface area contributed by atoms with Crippen molar-refractivity contribution >= 4 is 27.5 Å². The van der Waals surface area contributed by atoms with Crippen LogP contribution in [0.4, 0.5) is 8.78 Å². The molecule has 0 spiro atoms. The molecule has 94 valence electrons. The van der Waals surface area contributed by atoms with Crippen molar-refractivity contribution in [3.63, 3.8) is 0 Å². The predicted octanol–water partition coefficient (Wildman–Crippen LogP) is 5.25. The van der Waals surface area contributed by atoms with Gasteiger partial charge in [0, 0.05) is 10.0 Å². The molecule has 1 atom stereocenters. The van der Waals surface area contributed by atoms with Gasteiger partial charge in [-0.2, -0.15) is 0 Å². The van der Waals surface area contributed by atoms with Crippen molar-refractivity contribution in [2.45, 2.75) is 11.8 Å². The van der Waals surface area contributed by atoms with Crippen LogP contribution in [0.1, 0.15) is 16.5 Å². The van der Waals surface area contributed by atoms with Crippen molar-refractivity contribution < 1.29 is 8.78 Å². The van der Waals surface area contributed by atoms with Gasteiger partial charge in [0.2, 0.25) is 0 Å². The molecular formula is C14H10BrClF2. The van der Waals surface area contributed by atoms with Crippen molar-refractivity contribution in [2.75, 3.05) is 0 Å². The Hall–Kier alpha value is -0.930. The van der Waals surface area contributed by atoms with E-state index >= 15 is 0 Å². The maximum atomic E-state index is 13.7. The van der Waals surface area contributed by atoms with Gasteiger partial charge in [-0.05, 0) is 24.1 Å². The molecule has 2 aromatic rings. The molecule has 4 heteroatoms. The summed E-state index contributed by atoms with van der Waals surface area (Å²) in [6.07, 6.45) is 0.387. The van der Waals surface area contributed by atoms with Crippen LogP contribution in [0, 0.1) is 11.6 Å². The predicted molar refractivity (Wildman–Crippen MR) is 72.8 cm³/mol. The first-order valence-electron chi connectivity index (χ1n) is 5.40. The van der Waals surface area contributed by atoms with E-state index in [2.05, 4.69) is 15.9 Å². The first-order valence-corrected chi connectivity index (χ1v) is 6.63. The lowest BCUT2D eigenvalue weighted by Gasteiger charge is -2.12. The number of halogens is 4. The second kappa shape index (κ2) is 5.81. The summed E-state index contributed by atoms with van der Waals surface area (Å²) in [5.74, 6) is -1.25. The summed E-state index contributed by atoms with van der Waals surface area (Å²) in [5, 5.41) is -0.722. The van der Waals surface area contributed by atoms with E-state index in [1.54, 1.807) is 0 Å². The minimum absolute atomic E-state index is 0.0799. The highest BCUT2D eigenvalue weighted by Crippen LogP contribution is 2.31. The van der Waals surface area contributed by atoms with Crippen LogP contribution in [-0.4, -0.2) is 0 Å². The Kier molecular flexibility index (Phi) is 4.36. The summed E-state index contributed by atoms with van der Waals surface area (Å²) in [6, 6.07) is 11.8. The van der Waals surface area contributed by atoms with Crippen molar-refractivity contribution in [1.29, 1.82) is 0 Å². The van der Waals surface area contributed by atoms with E-state index in [4.69, 9.17) is 11.6 Å². The highest BCUT2D eigenvalue weighted by molar-refractivity contribution is 9.10. The van der Waals surface area contributed by atoms with E-state index in [-0.39, 0.29) is 5.56 Å². The second-order valence-corrected chi connectivity index (χ2v) is 5.38. The largest absolute Gasteiger partial charge is 0.206 e. The molecule has 0 aromatic heterocycles. The lowest BCUT2D eigenvalue weighted by atomic mass is 10.0. The summed E-state index contributed by atoms with van der Waals surface area (Å²) >= 11 is 9.15. The van der Waals surface area contributed by atoms with Gasteiger partial charge in [-0.15, -0.1) is 11.6 Å². The monoisotopic (exact) mass is 330 g/mol. The number of alkyl halides is 1. The maximum absolute atomic E-state index is 13.7. The molecule has 0 N–H and O–H groups in total. The van der Waals surface area contributed by atoms with Crippen LogP contribution in [-0.2, 0) is 6.42 Å². The Bertz CT molecular complexity index is 520. The van der Waals surface area contributed by atoms with Crippen molar-refractivity contribution in [2.24, 2.45) is 0 Å². The maximum Gasteiger partial charge on any atom is 0.131 e. The average molecular weight is 332 g/mol. The van der Waals surface area contributed by atoms with Crippen molar-refractivity contribution in [3.05, 3.63) is 69.7 Å². The Morgan fingerprint density at radius 2 is 1.61 bits per heavy atom. The van der Waals surface area contributed by atoms with E-state index in [1.165, 1.54) is 12.1 Å². The number of hydrogen-bond acceptors (Lipinski definition) is 0. The summed E-state index contributed by atoms with van der Waals surface area (Å²) in [5.41, 5.74) is 0.864. The standard InChI is InChI=1S/C14H10BrClF2/c15-10-7-12(17)14(13(18)8-10)11(16)6-9-4-2-1-3-5-9/h1-5,7-8,11H,6H2. The average Bonchev–Trinajstić information content (AvgIpc) is 2.28. The molecule has 0 aliphatic heterocycles. The number of rotatable bonds is 3. The van der Waals surface area contributed by atoms with E-state index < -0.39 is 17.0 Å². The molecule has 0 saturated heterocycles. The van der Waals surface area contributed by atoms with E-state index in [1.807, 2.05) is 30.3 Å². The number of hydrogen-bond donors (Lipinski definition) is 0. The van der Waals surface area contributed by atoms with Gasteiger partial charge < -0.3 is 0 Å². The molecule has 0 bridgehead atoms. The summed E-state index contributed by atoms with van der Waals surface area (Å²) in [4.78, 5) is 0. The highest BCUT2D eigenvalue weighted by atomic mass is 79.9. The molecule has 1 unspecified atom stereocenters. The molecule has 0 nitrogen and oxygen atoms in total. The number of benzene rings is 2. The van der Waals surface area contributed by atoms with Crippen molar-refractivity contribution in [3.8, 4) is 0 Å². The fourth-order valence-electron chi connectivity index (χ4n) is 1.78. The van der Waals surface area contributed by atoms with Crippen LogP contribution in [0.25, 0.3) is 0 Å². The van der Waals surface area contributed by atoms with Gasteiger partial charge in [0.15, 0.2) is 0 Å². The topological polar surface area (TPSA) is 0 Å². The molecule has 0 aliphatic rings. The summed E-state index contributed by atoms with van der Waals surface area (Å²) in [6.45, 7) is 0. The molecule has 0 heterocycles. The Morgan fingerprint density at radius 1 is 1.06 bits per heavy atom. The van der Waals surface area contributed by atoms with E-state index in [0.29, 0.717) is 10.9 Å². The van der Waals surface area contributed by atoms with Gasteiger partial charge in [-0.3, -0.25) is 0 Å². The van der Waals surface area contributed by atoms with Crippen LogP contribution in [0.2, 0.25) is 0 Å². The minimum atomic E-state index is -0.722. The third-order valence-electron chi connectivity index (χ3n) is 2.61. The first-order chi connectivity index (χ1) is 8.58. The molecule has 0 amide bonds. The smallest absolute Gasteiger partial charge is 0.131 e. The molecule has 0 aliphatic carbocycles. The Morgan fingerprint density at radius 3 is 2.17 bits per heavy atom. The van der Waals surface area contributed by atoms with Gasteiger partial charge in [0.1, 0.15) is 11.6 Å². The fourth-order valence-corrected chi connectivity index (χ4v) is 2.56. The van der Waals surface area contributed by atoms with E-state index in [0.717, 1.165) is 5.56 Å². The van der Waals surface area contributed by atoms with Crippen LogP contribution < -0.4 is 0 Å². The van der Waals surface area contributed by atoms with Crippen LogP contribution >= 0.6 is 27.5 Å². The molecule has 0 saturated carbocycles. The zero-order valence-corrected chi connectivity index (χ0v) is 11.7. The van der Waals surface area contributed by atoms with Gasteiger partial charge in [0.05, 0.1) is 5.38 Å². The van der Waals surface area contributed by atoms with Gasteiger partial charge in [0.25, 0.3) is 0 Å². The van der Waals surface area contributed by atoms with Gasteiger partial charge >= 0.3 is 0 Å². The fraction of sp³-hybridized carbons (Fsp3) is 0.143. The van der Waals surface area contributed by atoms with Crippen LogP contribution in [0.5, 0.6) is 0 Å². The second-order valence-electron chi connectivity index (χ2n) is 3.94. The normalized spacial score (nSPS) is 12.4. The SMILES string of the molecule is Fc1cc(Br)cc(F)c1C(Cl)Cc1ccccc1. The third-order valence-corrected chi connectivity index (χ3v) is 3.45. The summed E-state index contributed by atoms with van der Waals surface area (Å²) < 4.78 is 27.8. The van der Waals surface area contributed by atoms with Crippen molar-refractivity contribution in [1.82, 2.24) is 0 Å². The zero-order valence-electron chi connectivity index (χ0n) is 9.34. The molecule has 18 heavy (non-hydrogen) atoms. The highest BCUT2D eigenvalue weighted by Gasteiger charge is 2.19. The lowest BCUT2D eigenvalue weighted by Crippen LogP contribution is -2.02. The molecule has 2 rings (SSSR count).